The molecule has 106 valence electrons. The largest absolute Gasteiger partial charge is 0.268 e. The topological polar surface area (TPSA) is 50.3 Å². The van der Waals surface area contributed by atoms with Crippen molar-refractivity contribution in [2.75, 3.05) is 4.90 Å². The van der Waals surface area contributed by atoms with E-state index < -0.39 is 17.6 Å². The third-order valence-corrected chi connectivity index (χ3v) is 3.54. The SMILES string of the molecule is CCc1nc(Cl)cc(N2C(=O)c3ccccc3C2=O)c1F. The highest BCUT2D eigenvalue weighted by Gasteiger charge is 2.38. The van der Waals surface area contributed by atoms with E-state index in [9.17, 15) is 14.0 Å². The van der Waals surface area contributed by atoms with Gasteiger partial charge in [0.2, 0.25) is 0 Å². The molecule has 21 heavy (non-hydrogen) atoms. The molecular formula is C15H10ClFN2O2. The van der Waals surface area contributed by atoms with Crippen LogP contribution in [0.3, 0.4) is 0 Å². The van der Waals surface area contributed by atoms with Gasteiger partial charge in [0.15, 0.2) is 5.82 Å². The van der Waals surface area contributed by atoms with Gasteiger partial charge in [0.1, 0.15) is 5.15 Å². The summed E-state index contributed by atoms with van der Waals surface area (Å²) in [5, 5.41) is 0.0415. The molecule has 0 bridgehead atoms. The molecule has 0 spiro atoms. The van der Waals surface area contributed by atoms with Gasteiger partial charge in [-0.15, -0.1) is 0 Å². The number of halogens is 2. The number of amides is 2. The van der Waals surface area contributed by atoms with Gasteiger partial charge in [-0.25, -0.2) is 14.3 Å². The van der Waals surface area contributed by atoms with Crippen molar-refractivity contribution in [3.8, 4) is 0 Å². The molecule has 0 atom stereocenters. The summed E-state index contributed by atoms with van der Waals surface area (Å²) < 4.78 is 14.4. The predicted molar refractivity (Wildman–Crippen MR) is 76.2 cm³/mol. The van der Waals surface area contributed by atoms with E-state index in [0.29, 0.717) is 6.42 Å². The Morgan fingerprint density at radius 3 is 2.29 bits per heavy atom. The van der Waals surface area contributed by atoms with E-state index in [1.807, 2.05) is 0 Å². The fourth-order valence-electron chi connectivity index (χ4n) is 2.34. The van der Waals surface area contributed by atoms with Gasteiger partial charge >= 0.3 is 0 Å². The molecule has 6 heteroatoms. The molecule has 0 radical (unpaired) electrons. The molecule has 0 unspecified atom stereocenters. The summed E-state index contributed by atoms with van der Waals surface area (Å²) in [4.78, 5) is 29.4. The van der Waals surface area contributed by atoms with E-state index in [4.69, 9.17) is 11.6 Å². The lowest BCUT2D eigenvalue weighted by Crippen LogP contribution is -2.30. The molecule has 0 saturated heterocycles. The van der Waals surface area contributed by atoms with Gasteiger partial charge in [-0.2, -0.15) is 0 Å². The predicted octanol–water partition coefficient (Wildman–Crippen LogP) is 3.24. The lowest BCUT2D eigenvalue weighted by Gasteiger charge is -2.16. The summed E-state index contributed by atoms with van der Waals surface area (Å²) in [5.74, 6) is -1.81. The molecule has 0 aliphatic carbocycles. The van der Waals surface area contributed by atoms with Crippen LogP contribution in [0.4, 0.5) is 10.1 Å². The second kappa shape index (κ2) is 4.93. The lowest BCUT2D eigenvalue weighted by atomic mass is 10.1. The minimum atomic E-state index is -0.698. The fourth-order valence-corrected chi connectivity index (χ4v) is 2.54. The summed E-state index contributed by atoms with van der Waals surface area (Å²) in [6.07, 6.45) is 0.308. The Labute approximate surface area is 125 Å². The third-order valence-electron chi connectivity index (χ3n) is 3.35. The number of nitrogens with zero attached hydrogens (tertiary/aromatic N) is 2. The quantitative estimate of drug-likeness (QED) is 0.632. The van der Waals surface area contributed by atoms with Crippen LogP contribution >= 0.6 is 11.6 Å². The van der Waals surface area contributed by atoms with E-state index in [1.165, 1.54) is 18.2 Å². The number of imide groups is 1. The van der Waals surface area contributed by atoms with Crippen LogP contribution in [0.15, 0.2) is 30.3 Å². The van der Waals surface area contributed by atoms with Gasteiger partial charge < -0.3 is 0 Å². The summed E-state index contributed by atoms with van der Waals surface area (Å²) >= 11 is 5.86. The molecule has 0 N–H and O–H groups in total. The average molecular weight is 305 g/mol. The molecule has 1 aliphatic heterocycles. The normalized spacial score (nSPS) is 13.8. The first kappa shape index (κ1) is 13.7. The van der Waals surface area contributed by atoms with Crippen molar-refractivity contribution in [1.29, 1.82) is 0 Å². The third kappa shape index (κ3) is 2.01. The molecule has 1 aromatic heterocycles. The molecule has 2 aromatic rings. The van der Waals surface area contributed by atoms with Crippen LogP contribution in [0.2, 0.25) is 5.15 Å². The van der Waals surface area contributed by atoms with E-state index in [2.05, 4.69) is 4.98 Å². The summed E-state index contributed by atoms with van der Waals surface area (Å²) in [6, 6.07) is 7.58. The van der Waals surface area contributed by atoms with Gasteiger partial charge in [0.25, 0.3) is 11.8 Å². The second-order valence-electron chi connectivity index (χ2n) is 4.57. The van der Waals surface area contributed by atoms with Gasteiger partial charge in [-0.1, -0.05) is 30.7 Å². The maximum atomic E-state index is 14.4. The number of hydrogen-bond acceptors (Lipinski definition) is 3. The average Bonchev–Trinajstić information content (AvgIpc) is 2.74. The van der Waals surface area contributed by atoms with Gasteiger partial charge in [-0.05, 0) is 18.6 Å². The fraction of sp³-hybridized carbons (Fsp3) is 0.133. The molecule has 2 heterocycles. The van der Waals surface area contributed by atoms with Crippen molar-refractivity contribution in [2.24, 2.45) is 0 Å². The van der Waals surface area contributed by atoms with Crippen molar-refractivity contribution >= 4 is 29.1 Å². The summed E-state index contributed by atoms with van der Waals surface area (Å²) in [7, 11) is 0. The van der Waals surface area contributed by atoms with Crippen molar-refractivity contribution in [3.63, 3.8) is 0 Å². The number of fused-ring (bicyclic) bond motifs is 1. The van der Waals surface area contributed by atoms with E-state index in [0.717, 1.165) is 4.90 Å². The van der Waals surface area contributed by atoms with Crippen molar-refractivity contribution in [1.82, 2.24) is 4.98 Å². The first-order chi connectivity index (χ1) is 10.0. The number of aryl methyl sites for hydroxylation is 1. The standard InChI is InChI=1S/C15H10ClFN2O2/c1-2-10-13(17)11(7-12(16)18-10)19-14(20)8-5-3-4-6-9(8)15(19)21/h3-7H,2H2,1H3. The number of rotatable bonds is 2. The Kier molecular flexibility index (Phi) is 3.22. The van der Waals surface area contributed by atoms with Crippen LogP contribution in [0, 0.1) is 5.82 Å². The molecule has 2 amide bonds. The molecular weight excluding hydrogens is 295 g/mol. The van der Waals surface area contributed by atoms with E-state index in [1.54, 1.807) is 19.1 Å². The number of carbonyl (C=O) groups is 2. The number of aromatic nitrogens is 1. The van der Waals surface area contributed by atoms with Crippen LogP contribution in [-0.4, -0.2) is 16.8 Å². The van der Waals surface area contributed by atoms with Crippen molar-refractivity contribution in [2.45, 2.75) is 13.3 Å². The lowest BCUT2D eigenvalue weighted by molar-refractivity contribution is 0.0925. The van der Waals surface area contributed by atoms with Crippen LogP contribution in [0.1, 0.15) is 33.3 Å². The minimum Gasteiger partial charge on any atom is -0.268 e. The molecule has 0 fully saturated rings. The van der Waals surface area contributed by atoms with Crippen LogP contribution in [-0.2, 0) is 6.42 Å². The van der Waals surface area contributed by atoms with E-state index in [-0.39, 0.29) is 27.7 Å². The number of anilines is 1. The monoisotopic (exact) mass is 304 g/mol. The summed E-state index contributed by atoms with van der Waals surface area (Å²) in [5.41, 5.74) is 0.480. The molecule has 3 rings (SSSR count). The molecule has 0 saturated carbocycles. The van der Waals surface area contributed by atoms with Gasteiger partial charge in [-0.3, -0.25) is 9.59 Å². The Balaban J connectivity index is 2.18. The highest BCUT2D eigenvalue weighted by molar-refractivity contribution is 6.35. The van der Waals surface area contributed by atoms with Crippen LogP contribution in [0.5, 0.6) is 0 Å². The zero-order chi connectivity index (χ0) is 15.1. The molecule has 1 aliphatic rings. The zero-order valence-corrected chi connectivity index (χ0v) is 11.8. The smallest absolute Gasteiger partial charge is 0.266 e. The highest BCUT2D eigenvalue weighted by atomic mass is 35.5. The first-order valence-corrected chi connectivity index (χ1v) is 6.75. The number of pyridine rings is 1. The first-order valence-electron chi connectivity index (χ1n) is 6.37. The number of carbonyl (C=O) groups excluding carboxylic acids is 2. The maximum absolute atomic E-state index is 14.4. The Hall–Kier alpha value is -2.27. The number of hydrogen-bond donors (Lipinski definition) is 0. The van der Waals surface area contributed by atoms with Gasteiger partial charge in [0.05, 0.1) is 22.5 Å². The minimum absolute atomic E-state index is 0.0415. The Bertz CT molecular complexity index is 741. The van der Waals surface area contributed by atoms with E-state index >= 15 is 0 Å². The highest BCUT2D eigenvalue weighted by Crippen LogP contribution is 2.32. The molecule has 1 aromatic carbocycles. The Morgan fingerprint density at radius 2 is 1.76 bits per heavy atom. The molecule has 4 nitrogen and oxygen atoms in total. The summed E-state index contributed by atoms with van der Waals surface area (Å²) in [6.45, 7) is 1.72. The zero-order valence-electron chi connectivity index (χ0n) is 11.1. The van der Waals surface area contributed by atoms with Gasteiger partial charge in [0, 0.05) is 6.07 Å². The second-order valence-corrected chi connectivity index (χ2v) is 4.96. The Morgan fingerprint density at radius 1 is 1.19 bits per heavy atom. The van der Waals surface area contributed by atoms with Crippen LogP contribution in [0.25, 0.3) is 0 Å². The van der Waals surface area contributed by atoms with Crippen molar-refractivity contribution in [3.05, 3.63) is 58.1 Å². The van der Waals surface area contributed by atoms with Crippen molar-refractivity contribution < 1.29 is 14.0 Å². The van der Waals surface area contributed by atoms with Crippen LogP contribution < -0.4 is 4.90 Å². The number of benzene rings is 1. The maximum Gasteiger partial charge on any atom is 0.266 e.